The van der Waals surface area contributed by atoms with Gasteiger partial charge in [0.1, 0.15) is 5.82 Å². The molecule has 21 heavy (non-hydrogen) atoms. The maximum Gasteiger partial charge on any atom is 0.240 e. The van der Waals surface area contributed by atoms with Gasteiger partial charge in [-0.1, -0.05) is 36.7 Å². The number of rotatable bonds is 6. The van der Waals surface area contributed by atoms with Gasteiger partial charge in [0.2, 0.25) is 5.89 Å². The molecule has 114 valence electrons. The smallest absolute Gasteiger partial charge is 0.240 e. The molecule has 0 saturated carbocycles. The summed E-state index contributed by atoms with van der Waals surface area (Å²) in [6, 6.07) is 4.33. The zero-order chi connectivity index (χ0) is 15.4. The summed E-state index contributed by atoms with van der Waals surface area (Å²) in [5, 5.41) is 7.58. The molecule has 1 heterocycles. The van der Waals surface area contributed by atoms with Gasteiger partial charge in [0, 0.05) is 17.5 Å². The van der Waals surface area contributed by atoms with Gasteiger partial charge in [-0.3, -0.25) is 0 Å². The van der Waals surface area contributed by atoms with Crippen LogP contribution in [0.4, 0.5) is 4.39 Å². The Balaban J connectivity index is 1.94. The second-order valence-corrected chi connectivity index (χ2v) is 5.88. The molecule has 0 aliphatic rings. The number of halogens is 2. The molecule has 0 aliphatic heterocycles. The van der Waals surface area contributed by atoms with Crippen LogP contribution in [-0.2, 0) is 13.0 Å². The molecule has 0 radical (unpaired) electrons. The van der Waals surface area contributed by atoms with Crippen LogP contribution in [0.2, 0.25) is 5.02 Å². The largest absolute Gasteiger partial charge is 0.338 e. The van der Waals surface area contributed by atoms with Crippen molar-refractivity contribution in [2.24, 2.45) is 5.92 Å². The Bertz CT molecular complexity index is 600. The zero-order valence-electron chi connectivity index (χ0n) is 12.4. The van der Waals surface area contributed by atoms with Crippen LogP contribution in [0.3, 0.4) is 0 Å². The van der Waals surface area contributed by atoms with Gasteiger partial charge in [-0.2, -0.15) is 4.98 Å². The maximum atomic E-state index is 13.0. The van der Waals surface area contributed by atoms with E-state index in [0.717, 1.165) is 12.0 Å². The molecule has 0 bridgehead atoms. The molecule has 1 aromatic heterocycles. The third-order valence-corrected chi connectivity index (χ3v) is 3.42. The van der Waals surface area contributed by atoms with Crippen molar-refractivity contribution in [2.75, 3.05) is 0 Å². The van der Waals surface area contributed by atoms with Crippen molar-refractivity contribution < 1.29 is 8.91 Å². The average molecular weight is 312 g/mol. The third kappa shape index (κ3) is 4.51. The summed E-state index contributed by atoms with van der Waals surface area (Å²) in [5.41, 5.74) is 0.833. The second-order valence-electron chi connectivity index (χ2n) is 5.47. The highest BCUT2D eigenvalue weighted by molar-refractivity contribution is 6.31. The molecule has 0 aliphatic carbocycles. The van der Waals surface area contributed by atoms with Crippen LogP contribution in [0.1, 0.15) is 44.1 Å². The minimum absolute atomic E-state index is 0.0430. The van der Waals surface area contributed by atoms with Crippen LogP contribution in [-0.4, -0.2) is 10.1 Å². The van der Waals surface area contributed by atoms with Crippen LogP contribution in [0.25, 0.3) is 0 Å². The minimum atomic E-state index is -0.342. The summed E-state index contributed by atoms with van der Waals surface area (Å²) >= 11 is 6.04. The molecule has 0 saturated heterocycles. The SMILES string of the molecule is CC(C)Cc1noc(CN[C@@H](C)c2ccc(F)cc2Cl)n1. The number of nitrogens with zero attached hydrogens (tertiary/aromatic N) is 2. The summed E-state index contributed by atoms with van der Waals surface area (Å²) < 4.78 is 18.2. The topological polar surface area (TPSA) is 51.0 Å². The first-order chi connectivity index (χ1) is 9.95. The summed E-state index contributed by atoms with van der Waals surface area (Å²) in [7, 11) is 0. The van der Waals surface area contributed by atoms with E-state index in [1.165, 1.54) is 12.1 Å². The van der Waals surface area contributed by atoms with Crippen molar-refractivity contribution in [3.05, 3.63) is 46.3 Å². The highest BCUT2D eigenvalue weighted by Crippen LogP contribution is 2.23. The average Bonchev–Trinajstić information content (AvgIpc) is 2.82. The molecule has 2 aromatic rings. The Kier molecular flexibility index (Phi) is 5.31. The zero-order valence-corrected chi connectivity index (χ0v) is 13.1. The monoisotopic (exact) mass is 311 g/mol. The van der Waals surface area contributed by atoms with E-state index in [-0.39, 0.29) is 11.9 Å². The second kappa shape index (κ2) is 7.00. The van der Waals surface area contributed by atoms with Crippen LogP contribution in [0.15, 0.2) is 22.7 Å². The Morgan fingerprint density at radius 1 is 1.33 bits per heavy atom. The number of hydrogen-bond donors (Lipinski definition) is 1. The van der Waals surface area contributed by atoms with Gasteiger partial charge in [0.05, 0.1) is 6.54 Å². The van der Waals surface area contributed by atoms with E-state index in [2.05, 4.69) is 29.3 Å². The van der Waals surface area contributed by atoms with E-state index in [0.29, 0.717) is 29.2 Å². The van der Waals surface area contributed by atoms with Gasteiger partial charge in [0.25, 0.3) is 0 Å². The molecular weight excluding hydrogens is 293 g/mol. The minimum Gasteiger partial charge on any atom is -0.338 e. The fraction of sp³-hybridized carbons (Fsp3) is 0.467. The summed E-state index contributed by atoms with van der Waals surface area (Å²) in [5.74, 6) is 1.40. The highest BCUT2D eigenvalue weighted by atomic mass is 35.5. The third-order valence-electron chi connectivity index (χ3n) is 3.09. The molecule has 1 aromatic carbocycles. The van der Waals surface area contributed by atoms with Gasteiger partial charge in [-0.05, 0) is 30.5 Å². The predicted octanol–water partition coefficient (Wildman–Crippen LogP) is 3.91. The summed E-state index contributed by atoms with van der Waals surface area (Å²) in [6.45, 7) is 6.60. The first-order valence-corrected chi connectivity index (χ1v) is 7.33. The van der Waals surface area contributed by atoms with Crippen LogP contribution in [0.5, 0.6) is 0 Å². The number of nitrogens with one attached hydrogen (secondary N) is 1. The van der Waals surface area contributed by atoms with Gasteiger partial charge < -0.3 is 9.84 Å². The number of aromatic nitrogens is 2. The Hall–Kier alpha value is -1.46. The van der Waals surface area contributed by atoms with Gasteiger partial charge in [-0.25, -0.2) is 4.39 Å². The van der Waals surface area contributed by atoms with Crippen LogP contribution in [0, 0.1) is 11.7 Å². The van der Waals surface area contributed by atoms with Crippen molar-refractivity contribution >= 4 is 11.6 Å². The van der Waals surface area contributed by atoms with E-state index in [4.69, 9.17) is 16.1 Å². The van der Waals surface area contributed by atoms with E-state index < -0.39 is 0 Å². The first-order valence-electron chi connectivity index (χ1n) is 6.95. The number of benzene rings is 1. The maximum absolute atomic E-state index is 13.0. The molecule has 1 N–H and O–H groups in total. The van der Waals surface area contributed by atoms with E-state index >= 15 is 0 Å². The normalized spacial score (nSPS) is 12.9. The molecule has 0 fully saturated rings. The van der Waals surface area contributed by atoms with E-state index in [1.54, 1.807) is 6.07 Å². The van der Waals surface area contributed by atoms with Crippen molar-refractivity contribution in [3.8, 4) is 0 Å². The van der Waals surface area contributed by atoms with Crippen molar-refractivity contribution in [2.45, 2.75) is 39.8 Å². The summed E-state index contributed by atoms with van der Waals surface area (Å²) in [6.07, 6.45) is 0.794. The first kappa shape index (κ1) is 15.9. The number of hydrogen-bond acceptors (Lipinski definition) is 4. The summed E-state index contributed by atoms with van der Waals surface area (Å²) in [4.78, 5) is 4.32. The fourth-order valence-corrected chi connectivity index (χ4v) is 2.34. The van der Waals surface area contributed by atoms with Crippen LogP contribution >= 0.6 is 11.6 Å². The van der Waals surface area contributed by atoms with E-state index in [9.17, 15) is 4.39 Å². The van der Waals surface area contributed by atoms with Gasteiger partial charge in [-0.15, -0.1) is 0 Å². The standard InChI is InChI=1S/C15H19ClFN3O/c1-9(2)6-14-19-15(21-20-14)8-18-10(3)12-5-4-11(17)7-13(12)16/h4-5,7,9-10,18H,6,8H2,1-3H3/t10-/m0/s1. The van der Waals surface area contributed by atoms with Crippen molar-refractivity contribution in [1.82, 2.24) is 15.5 Å². The fourth-order valence-electron chi connectivity index (χ4n) is 2.01. The molecule has 6 heteroatoms. The van der Waals surface area contributed by atoms with Crippen molar-refractivity contribution in [3.63, 3.8) is 0 Å². The molecule has 2 rings (SSSR count). The Morgan fingerprint density at radius 3 is 2.76 bits per heavy atom. The molecule has 0 amide bonds. The molecule has 1 atom stereocenters. The predicted molar refractivity (Wildman–Crippen MR) is 79.5 cm³/mol. The Morgan fingerprint density at radius 2 is 2.10 bits per heavy atom. The quantitative estimate of drug-likeness (QED) is 0.878. The lowest BCUT2D eigenvalue weighted by molar-refractivity contribution is 0.354. The lowest BCUT2D eigenvalue weighted by Gasteiger charge is -2.14. The van der Waals surface area contributed by atoms with E-state index in [1.807, 2.05) is 6.92 Å². The molecule has 0 spiro atoms. The Labute approximate surface area is 128 Å². The lowest BCUT2D eigenvalue weighted by atomic mass is 10.1. The van der Waals surface area contributed by atoms with Gasteiger partial charge in [0.15, 0.2) is 5.82 Å². The van der Waals surface area contributed by atoms with Crippen LogP contribution < -0.4 is 5.32 Å². The lowest BCUT2D eigenvalue weighted by Crippen LogP contribution is -2.18. The molecule has 0 unspecified atom stereocenters. The van der Waals surface area contributed by atoms with Crippen molar-refractivity contribution in [1.29, 1.82) is 0 Å². The molecular formula is C15H19ClFN3O. The highest BCUT2D eigenvalue weighted by Gasteiger charge is 2.13. The molecule has 4 nitrogen and oxygen atoms in total. The van der Waals surface area contributed by atoms with Gasteiger partial charge >= 0.3 is 0 Å².